The van der Waals surface area contributed by atoms with Crippen LogP contribution >= 0.6 is 0 Å². The molecular formula is C25H30N2O. The number of hydrogen-bond acceptors (Lipinski definition) is 3. The van der Waals surface area contributed by atoms with Crippen molar-refractivity contribution in [2.24, 2.45) is 0 Å². The number of phenols is 1. The minimum Gasteiger partial charge on any atom is -0.508 e. The zero-order valence-corrected chi connectivity index (χ0v) is 17.1. The Kier molecular flexibility index (Phi) is 5.15. The van der Waals surface area contributed by atoms with Gasteiger partial charge in [-0.05, 0) is 74.6 Å². The highest BCUT2D eigenvalue weighted by atomic mass is 16.3. The summed E-state index contributed by atoms with van der Waals surface area (Å²) in [4.78, 5) is 5.22. The molecule has 28 heavy (non-hydrogen) atoms. The molecule has 146 valence electrons. The Labute approximate surface area is 168 Å². The molecule has 3 nitrogen and oxygen atoms in total. The van der Waals surface area contributed by atoms with Gasteiger partial charge in [0, 0.05) is 16.7 Å². The Hall–Kier alpha value is -2.34. The maximum Gasteiger partial charge on any atom is 0.119 e. The summed E-state index contributed by atoms with van der Waals surface area (Å²) in [5.41, 5.74) is 7.19. The standard InChI is InChI=1S/C25H30N2O/c1-3-25(14-7-8-15-25)24-20(16-26)23(18-11-9-13-22(28)17(18)2)19-10-5-4-6-12-21(19)27-24/h9,11,13,28H,3-8,10,12,14-15H2,1-2H3. The van der Waals surface area contributed by atoms with Crippen LogP contribution in [-0.4, -0.2) is 10.1 Å². The van der Waals surface area contributed by atoms with Gasteiger partial charge in [-0.2, -0.15) is 5.26 Å². The number of rotatable bonds is 3. The predicted octanol–water partition coefficient (Wildman–Crippen LogP) is 6.13. The summed E-state index contributed by atoms with van der Waals surface area (Å²) in [6, 6.07) is 8.26. The lowest BCUT2D eigenvalue weighted by Gasteiger charge is -2.31. The first kappa shape index (κ1) is 19.0. The van der Waals surface area contributed by atoms with E-state index < -0.39 is 0 Å². The molecule has 0 bridgehead atoms. The molecule has 0 radical (unpaired) electrons. The van der Waals surface area contributed by atoms with Crippen molar-refractivity contribution < 1.29 is 5.11 Å². The SMILES string of the molecule is CCC1(c2nc3c(c(-c4cccc(O)c4C)c2C#N)CCCCC3)CCCC1. The van der Waals surface area contributed by atoms with Crippen LogP contribution in [0.5, 0.6) is 5.75 Å². The smallest absolute Gasteiger partial charge is 0.119 e. The lowest BCUT2D eigenvalue weighted by atomic mass is 9.75. The summed E-state index contributed by atoms with van der Waals surface area (Å²) in [5.74, 6) is 0.299. The normalized spacial score (nSPS) is 18.3. The molecule has 1 aromatic heterocycles. The van der Waals surface area contributed by atoms with Gasteiger partial charge in [0.05, 0.1) is 11.3 Å². The fourth-order valence-electron chi connectivity index (χ4n) is 5.41. The van der Waals surface area contributed by atoms with Crippen LogP contribution in [0.2, 0.25) is 0 Å². The Morgan fingerprint density at radius 3 is 2.57 bits per heavy atom. The highest BCUT2D eigenvalue weighted by molar-refractivity contribution is 5.79. The Morgan fingerprint density at radius 1 is 1.11 bits per heavy atom. The van der Waals surface area contributed by atoms with Crippen molar-refractivity contribution in [2.45, 2.75) is 83.5 Å². The number of benzene rings is 1. The third-order valence-corrected chi connectivity index (χ3v) is 7.15. The maximum absolute atomic E-state index is 10.4. The molecule has 1 fully saturated rings. The van der Waals surface area contributed by atoms with E-state index in [-0.39, 0.29) is 5.41 Å². The number of phenolic OH excluding ortho intramolecular Hbond substituents is 1. The van der Waals surface area contributed by atoms with Crippen LogP contribution in [0.1, 0.15) is 86.4 Å². The van der Waals surface area contributed by atoms with Gasteiger partial charge in [-0.25, -0.2) is 0 Å². The lowest BCUT2D eigenvalue weighted by molar-refractivity contribution is 0.410. The second kappa shape index (κ2) is 7.59. The van der Waals surface area contributed by atoms with Gasteiger partial charge in [-0.3, -0.25) is 4.98 Å². The molecule has 0 saturated heterocycles. The minimum absolute atomic E-state index is 0.0336. The molecular weight excluding hydrogens is 344 g/mol. The number of aryl methyl sites for hydroxylation is 1. The van der Waals surface area contributed by atoms with E-state index in [0.29, 0.717) is 5.75 Å². The molecule has 3 heteroatoms. The Balaban J connectivity index is 2.07. The molecule has 0 aliphatic heterocycles. The van der Waals surface area contributed by atoms with E-state index in [1.807, 2.05) is 13.0 Å². The molecule has 2 aliphatic rings. The highest BCUT2D eigenvalue weighted by Gasteiger charge is 2.39. The number of nitriles is 1. The fraction of sp³-hybridized carbons (Fsp3) is 0.520. The zero-order chi connectivity index (χ0) is 19.7. The summed E-state index contributed by atoms with van der Waals surface area (Å²) in [6.07, 6.45) is 11.2. The Bertz CT molecular complexity index is 933. The molecule has 0 atom stereocenters. The fourth-order valence-corrected chi connectivity index (χ4v) is 5.41. The van der Waals surface area contributed by atoms with Crippen molar-refractivity contribution >= 4 is 0 Å². The van der Waals surface area contributed by atoms with Crippen molar-refractivity contribution in [2.75, 3.05) is 0 Å². The summed E-state index contributed by atoms with van der Waals surface area (Å²) in [7, 11) is 0. The van der Waals surface area contributed by atoms with Crippen molar-refractivity contribution in [3.05, 3.63) is 46.3 Å². The van der Waals surface area contributed by atoms with E-state index >= 15 is 0 Å². The maximum atomic E-state index is 10.4. The Morgan fingerprint density at radius 2 is 1.86 bits per heavy atom. The van der Waals surface area contributed by atoms with Crippen LogP contribution in [0.25, 0.3) is 11.1 Å². The minimum atomic E-state index is 0.0336. The number of pyridine rings is 1. The number of aromatic nitrogens is 1. The van der Waals surface area contributed by atoms with Crippen LogP contribution in [0.15, 0.2) is 18.2 Å². The van der Waals surface area contributed by atoms with Crippen LogP contribution in [-0.2, 0) is 18.3 Å². The van der Waals surface area contributed by atoms with Crippen LogP contribution in [0.4, 0.5) is 0 Å². The number of aromatic hydroxyl groups is 1. The van der Waals surface area contributed by atoms with Crippen LogP contribution in [0, 0.1) is 18.3 Å². The lowest BCUT2D eigenvalue weighted by Crippen LogP contribution is -2.26. The van der Waals surface area contributed by atoms with Crippen molar-refractivity contribution in [1.82, 2.24) is 4.98 Å². The molecule has 0 spiro atoms. The van der Waals surface area contributed by atoms with Gasteiger partial charge in [0.1, 0.15) is 11.8 Å². The van der Waals surface area contributed by atoms with Crippen molar-refractivity contribution in [3.63, 3.8) is 0 Å². The number of fused-ring (bicyclic) bond motifs is 1. The van der Waals surface area contributed by atoms with Gasteiger partial charge in [-0.1, -0.05) is 38.3 Å². The second-order valence-electron chi connectivity index (χ2n) is 8.60. The van der Waals surface area contributed by atoms with Gasteiger partial charge in [0.2, 0.25) is 0 Å². The van der Waals surface area contributed by atoms with Gasteiger partial charge in [0.15, 0.2) is 0 Å². The van der Waals surface area contributed by atoms with Gasteiger partial charge < -0.3 is 5.11 Å². The molecule has 0 amide bonds. The largest absolute Gasteiger partial charge is 0.508 e. The third kappa shape index (κ3) is 3.00. The molecule has 1 N–H and O–H groups in total. The van der Waals surface area contributed by atoms with E-state index in [1.165, 1.54) is 36.9 Å². The summed E-state index contributed by atoms with van der Waals surface area (Å²) >= 11 is 0. The summed E-state index contributed by atoms with van der Waals surface area (Å²) in [5, 5.41) is 20.7. The average Bonchev–Trinajstić information content (AvgIpc) is 3.08. The van der Waals surface area contributed by atoms with Gasteiger partial charge in [-0.15, -0.1) is 0 Å². The molecule has 0 unspecified atom stereocenters. The first-order valence-electron chi connectivity index (χ1n) is 10.9. The van der Waals surface area contributed by atoms with Crippen LogP contribution < -0.4 is 0 Å². The number of hydrogen-bond donors (Lipinski definition) is 1. The predicted molar refractivity (Wildman–Crippen MR) is 112 cm³/mol. The quantitative estimate of drug-likeness (QED) is 0.658. The molecule has 1 saturated carbocycles. The summed E-state index contributed by atoms with van der Waals surface area (Å²) < 4.78 is 0. The molecule has 1 aromatic carbocycles. The first-order valence-corrected chi connectivity index (χ1v) is 10.9. The van der Waals surface area contributed by atoms with Gasteiger partial charge >= 0.3 is 0 Å². The van der Waals surface area contributed by atoms with E-state index in [9.17, 15) is 10.4 Å². The monoisotopic (exact) mass is 374 g/mol. The molecule has 4 rings (SSSR count). The first-order chi connectivity index (χ1) is 13.6. The highest BCUT2D eigenvalue weighted by Crippen LogP contribution is 2.47. The number of nitrogens with zero attached hydrogens (tertiary/aromatic N) is 2. The topological polar surface area (TPSA) is 56.9 Å². The van der Waals surface area contributed by atoms with E-state index in [1.54, 1.807) is 6.07 Å². The summed E-state index contributed by atoms with van der Waals surface area (Å²) in [6.45, 7) is 4.21. The molecule has 2 aromatic rings. The molecule has 2 aliphatic carbocycles. The average molecular weight is 375 g/mol. The second-order valence-corrected chi connectivity index (χ2v) is 8.60. The van der Waals surface area contributed by atoms with Crippen molar-refractivity contribution in [1.29, 1.82) is 5.26 Å². The van der Waals surface area contributed by atoms with Crippen molar-refractivity contribution in [3.8, 4) is 22.9 Å². The van der Waals surface area contributed by atoms with E-state index in [0.717, 1.165) is 66.5 Å². The third-order valence-electron chi connectivity index (χ3n) is 7.15. The van der Waals surface area contributed by atoms with E-state index in [2.05, 4.69) is 19.1 Å². The van der Waals surface area contributed by atoms with Gasteiger partial charge in [0.25, 0.3) is 0 Å². The zero-order valence-electron chi connectivity index (χ0n) is 17.1. The van der Waals surface area contributed by atoms with Crippen LogP contribution in [0.3, 0.4) is 0 Å². The molecule has 1 heterocycles. The van der Waals surface area contributed by atoms with E-state index in [4.69, 9.17) is 4.98 Å².